The zero-order valence-corrected chi connectivity index (χ0v) is 12.6. The Morgan fingerprint density at radius 2 is 1.95 bits per heavy atom. The van der Waals surface area contributed by atoms with Crippen LogP contribution in [0.4, 0.5) is 0 Å². The highest BCUT2D eigenvalue weighted by molar-refractivity contribution is 5.33. The minimum absolute atomic E-state index is 0.178. The summed E-state index contributed by atoms with van der Waals surface area (Å²) in [5.41, 5.74) is 10.3. The first-order valence-electron chi connectivity index (χ1n) is 7.10. The highest BCUT2D eigenvalue weighted by atomic mass is 15.1. The summed E-state index contributed by atoms with van der Waals surface area (Å²) in [4.78, 5) is 2.23. The first-order valence-corrected chi connectivity index (χ1v) is 7.10. The molecule has 0 saturated carbocycles. The Balaban J connectivity index is 2.19. The summed E-state index contributed by atoms with van der Waals surface area (Å²) in [6.07, 6.45) is 0. The van der Waals surface area contributed by atoms with Gasteiger partial charge in [0, 0.05) is 19.1 Å². The molecule has 0 aliphatic rings. The van der Waals surface area contributed by atoms with E-state index in [0.29, 0.717) is 12.1 Å². The van der Waals surface area contributed by atoms with Gasteiger partial charge < -0.3 is 5.73 Å². The van der Waals surface area contributed by atoms with Crippen molar-refractivity contribution in [3.8, 4) is 6.07 Å². The van der Waals surface area contributed by atoms with E-state index in [0.717, 1.165) is 12.1 Å². The lowest BCUT2D eigenvalue weighted by molar-refractivity contribution is 0.241. The van der Waals surface area contributed by atoms with Gasteiger partial charge in [0.2, 0.25) is 0 Å². The summed E-state index contributed by atoms with van der Waals surface area (Å²) < 4.78 is 0. The van der Waals surface area contributed by atoms with E-state index in [9.17, 15) is 0 Å². The van der Waals surface area contributed by atoms with E-state index in [2.05, 4.69) is 43.1 Å². The molecule has 0 radical (unpaired) electrons. The maximum absolute atomic E-state index is 8.98. The number of benzene rings is 2. The lowest BCUT2D eigenvalue weighted by Gasteiger charge is -2.28. The van der Waals surface area contributed by atoms with Gasteiger partial charge in [0.05, 0.1) is 11.6 Å². The van der Waals surface area contributed by atoms with Crippen molar-refractivity contribution in [2.75, 3.05) is 13.6 Å². The zero-order valence-electron chi connectivity index (χ0n) is 12.6. The fourth-order valence-electron chi connectivity index (χ4n) is 2.64. The number of rotatable bonds is 5. The van der Waals surface area contributed by atoms with E-state index < -0.39 is 0 Å². The molecule has 21 heavy (non-hydrogen) atoms. The van der Waals surface area contributed by atoms with Gasteiger partial charge in [-0.25, -0.2) is 0 Å². The van der Waals surface area contributed by atoms with Crippen molar-refractivity contribution in [3.05, 3.63) is 70.8 Å². The Hall–Kier alpha value is -2.15. The third kappa shape index (κ3) is 3.69. The molecule has 0 amide bonds. The second-order valence-electron chi connectivity index (χ2n) is 5.34. The summed E-state index contributed by atoms with van der Waals surface area (Å²) in [6, 6.07) is 18.4. The topological polar surface area (TPSA) is 53.0 Å². The minimum Gasteiger partial charge on any atom is -0.329 e. The van der Waals surface area contributed by atoms with Crippen molar-refractivity contribution in [2.45, 2.75) is 19.5 Å². The summed E-state index contributed by atoms with van der Waals surface area (Å²) in [5, 5.41) is 8.98. The number of nitrogens with two attached hydrogens (primary N) is 1. The molecule has 108 valence electrons. The van der Waals surface area contributed by atoms with Gasteiger partial charge in [-0.1, -0.05) is 36.4 Å². The van der Waals surface area contributed by atoms with E-state index in [-0.39, 0.29) is 6.04 Å². The summed E-state index contributed by atoms with van der Waals surface area (Å²) >= 11 is 0. The SMILES string of the molecule is Cc1ccccc1C(CN)N(C)Cc1cccc(C#N)c1. The maximum atomic E-state index is 8.98. The Labute approximate surface area is 126 Å². The molecule has 0 bridgehead atoms. The Morgan fingerprint density at radius 1 is 1.19 bits per heavy atom. The van der Waals surface area contributed by atoms with Crippen LogP contribution in [0.5, 0.6) is 0 Å². The van der Waals surface area contributed by atoms with Crippen LogP contribution in [0.25, 0.3) is 0 Å². The fraction of sp³-hybridized carbons (Fsp3) is 0.278. The number of nitrogens with zero attached hydrogens (tertiary/aromatic N) is 2. The van der Waals surface area contributed by atoms with E-state index >= 15 is 0 Å². The van der Waals surface area contributed by atoms with Gasteiger partial charge in [0.15, 0.2) is 0 Å². The lowest BCUT2D eigenvalue weighted by Crippen LogP contribution is -2.30. The number of likely N-dealkylation sites (N-methyl/N-ethyl adjacent to an activating group) is 1. The van der Waals surface area contributed by atoms with Crippen molar-refractivity contribution in [1.82, 2.24) is 4.90 Å². The first kappa shape index (κ1) is 15.2. The smallest absolute Gasteiger partial charge is 0.0991 e. The van der Waals surface area contributed by atoms with Crippen LogP contribution in [-0.4, -0.2) is 18.5 Å². The number of hydrogen-bond donors (Lipinski definition) is 1. The third-order valence-electron chi connectivity index (χ3n) is 3.79. The molecular formula is C18H21N3. The van der Waals surface area contributed by atoms with Crippen LogP contribution in [0.15, 0.2) is 48.5 Å². The minimum atomic E-state index is 0.178. The van der Waals surface area contributed by atoms with Crippen LogP contribution in [0, 0.1) is 18.3 Å². The van der Waals surface area contributed by atoms with Crippen LogP contribution in [0.2, 0.25) is 0 Å². The molecule has 2 aromatic carbocycles. The van der Waals surface area contributed by atoms with Gasteiger partial charge in [0.1, 0.15) is 0 Å². The average molecular weight is 279 g/mol. The quantitative estimate of drug-likeness (QED) is 0.915. The fourth-order valence-corrected chi connectivity index (χ4v) is 2.64. The zero-order chi connectivity index (χ0) is 15.2. The van der Waals surface area contributed by atoms with Gasteiger partial charge >= 0.3 is 0 Å². The van der Waals surface area contributed by atoms with Crippen LogP contribution < -0.4 is 5.73 Å². The predicted octanol–water partition coefficient (Wildman–Crippen LogP) is 3.00. The Bertz CT molecular complexity index is 643. The number of aryl methyl sites for hydroxylation is 1. The highest BCUT2D eigenvalue weighted by Crippen LogP contribution is 2.23. The summed E-state index contributed by atoms with van der Waals surface area (Å²) in [5.74, 6) is 0. The molecular weight excluding hydrogens is 258 g/mol. The Kier molecular flexibility index (Phi) is 5.10. The largest absolute Gasteiger partial charge is 0.329 e. The monoisotopic (exact) mass is 279 g/mol. The van der Waals surface area contributed by atoms with E-state index in [1.165, 1.54) is 11.1 Å². The molecule has 2 aromatic rings. The molecule has 0 aliphatic carbocycles. The summed E-state index contributed by atoms with van der Waals surface area (Å²) in [7, 11) is 2.07. The normalized spacial score (nSPS) is 12.1. The number of nitriles is 1. The Morgan fingerprint density at radius 3 is 2.62 bits per heavy atom. The third-order valence-corrected chi connectivity index (χ3v) is 3.79. The second-order valence-corrected chi connectivity index (χ2v) is 5.34. The van der Waals surface area contributed by atoms with Gasteiger partial charge in [-0.2, -0.15) is 5.26 Å². The molecule has 0 fully saturated rings. The molecule has 3 nitrogen and oxygen atoms in total. The van der Waals surface area contributed by atoms with Crippen LogP contribution >= 0.6 is 0 Å². The van der Waals surface area contributed by atoms with Gasteiger partial charge in [-0.05, 0) is 42.8 Å². The summed E-state index contributed by atoms with van der Waals surface area (Å²) in [6.45, 7) is 3.45. The molecule has 1 atom stereocenters. The van der Waals surface area contributed by atoms with E-state index in [1.807, 2.05) is 30.3 Å². The van der Waals surface area contributed by atoms with Crippen molar-refractivity contribution >= 4 is 0 Å². The predicted molar refractivity (Wildman–Crippen MR) is 85.6 cm³/mol. The van der Waals surface area contributed by atoms with Gasteiger partial charge in [0.25, 0.3) is 0 Å². The van der Waals surface area contributed by atoms with Crippen LogP contribution in [0.3, 0.4) is 0 Å². The molecule has 0 spiro atoms. The van der Waals surface area contributed by atoms with Crippen LogP contribution in [-0.2, 0) is 6.54 Å². The first-order chi connectivity index (χ1) is 10.2. The van der Waals surface area contributed by atoms with E-state index in [4.69, 9.17) is 11.0 Å². The molecule has 0 heterocycles. The highest BCUT2D eigenvalue weighted by Gasteiger charge is 2.17. The van der Waals surface area contributed by atoms with Crippen molar-refractivity contribution in [1.29, 1.82) is 5.26 Å². The molecule has 2 rings (SSSR count). The molecule has 1 unspecified atom stereocenters. The van der Waals surface area contributed by atoms with Crippen molar-refractivity contribution in [3.63, 3.8) is 0 Å². The standard InChI is InChI=1S/C18H21N3/c1-14-6-3-4-9-17(14)18(12-20)21(2)13-16-8-5-7-15(10-16)11-19/h3-10,18H,12-13,20H2,1-2H3. The number of hydrogen-bond acceptors (Lipinski definition) is 3. The molecule has 0 aliphatic heterocycles. The second kappa shape index (κ2) is 7.03. The molecule has 0 saturated heterocycles. The van der Waals surface area contributed by atoms with Crippen molar-refractivity contribution in [2.24, 2.45) is 5.73 Å². The lowest BCUT2D eigenvalue weighted by atomic mass is 9.99. The van der Waals surface area contributed by atoms with Gasteiger partial charge in [-0.15, -0.1) is 0 Å². The van der Waals surface area contributed by atoms with Crippen LogP contribution in [0.1, 0.15) is 28.3 Å². The molecule has 3 heteroatoms. The molecule has 0 aromatic heterocycles. The van der Waals surface area contributed by atoms with Gasteiger partial charge in [-0.3, -0.25) is 4.90 Å². The average Bonchev–Trinajstić information content (AvgIpc) is 2.50. The van der Waals surface area contributed by atoms with Crippen molar-refractivity contribution < 1.29 is 0 Å². The maximum Gasteiger partial charge on any atom is 0.0991 e. The van der Waals surface area contributed by atoms with E-state index in [1.54, 1.807) is 0 Å². The molecule has 2 N–H and O–H groups in total.